The molecule has 0 saturated heterocycles. The highest BCUT2D eigenvalue weighted by Crippen LogP contribution is 2.13. The number of aryl methyl sites for hydroxylation is 1. The Hall–Kier alpha value is -3.26. The van der Waals surface area contributed by atoms with Gasteiger partial charge in [-0.05, 0) is 35.9 Å². The van der Waals surface area contributed by atoms with Crippen LogP contribution in [-0.4, -0.2) is 31.5 Å². The van der Waals surface area contributed by atoms with Crippen molar-refractivity contribution in [2.45, 2.75) is 20.0 Å². The van der Waals surface area contributed by atoms with E-state index in [-0.39, 0.29) is 5.91 Å². The van der Waals surface area contributed by atoms with E-state index in [9.17, 15) is 4.79 Å². The molecule has 0 spiro atoms. The van der Waals surface area contributed by atoms with Crippen LogP contribution in [0.15, 0.2) is 42.7 Å². The lowest BCUT2D eigenvalue weighted by Crippen LogP contribution is -2.24. The number of aromatic nitrogens is 3. The molecule has 3 rings (SSSR count). The van der Waals surface area contributed by atoms with Crippen molar-refractivity contribution >= 4 is 22.9 Å². The Labute approximate surface area is 150 Å². The van der Waals surface area contributed by atoms with Gasteiger partial charge >= 0.3 is 0 Å². The van der Waals surface area contributed by atoms with E-state index in [0.717, 1.165) is 29.2 Å². The van der Waals surface area contributed by atoms with Crippen LogP contribution in [0.25, 0.3) is 11.0 Å². The van der Waals surface area contributed by atoms with Crippen LogP contribution in [0, 0.1) is 0 Å². The average molecular weight is 355 g/mol. The normalized spacial score (nSPS) is 10.1. The molecule has 0 bridgehead atoms. The second-order valence-corrected chi connectivity index (χ2v) is 5.60. The Kier molecular flexibility index (Phi) is 6.40. The number of hydrogen-bond acceptors (Lipinski definition) is 5. The zero-order chi connectivity index (χ0) is 19.1. The fourth-order valence-electron chi connectivity index (χ4n) is 2.27. The number of rotatable bonds is 4. The molecule has 136 valence electrons. The molecule has 3 aromatic rings. The maximum Gasteiger partial charge on any atom is 0.300 e. The summed E-state index contributed by atoms with van der Waals surface area (Å²) in [4.78, 5) is 29.8. The number of carbonyl (C=O) groups excluding carboxylic acids is 1. The molecule has 0 fully saturated rings. The molecule has 3 aromatic heterocycles. The smallest absolute Gasteiger partial charge is 0.300 e. The summed E-state index contributed by atoms with van der Waals surface area (Å²) in [5.41, 5.74) is 8.54. The van der Waals surface area contributed by atoms with E-state index in [4.69, 9.17) is 15.6 Å². The predicted octanol–water partition coefficient (Wildman–Crippen LogP) is 1.45. The molecule has 0 aliphatic rings. The number of nitrogens with two attached hydrogens (primary N) is 1. The Bertz CT molecular complexity index is 916. The number of nitrogens with one attached hydrogen (secondary N) is 1. The van der Waals surface area contributed by atoms with E-state index in [1.807, 2.05) is 42.1 Å². The summed E-state index contributed by atoms with van der Waals surface area (Å²) < 4.78 is 1.89. The minimum absolute atomic E-state index is 0.219. The summed E-state index contributed by atoms with van der Waals surface area (Å²) in [6.07, 6.45) is 3.61. The molecule has 0 atom stereocenters. The molecule has 8 nitrogen and oxygen atoms in total. The highest BCUT2D eigenvalue weighted by molar-refractivity contribution is 5.94. The van der Waals surface area contributed by atoms with Crippen molar-refractivity contribution in [2.24, 2.45) is 12.8 Å². The van der Waals surface area contributed by atoms with Gasteiger partial charge in [0.1, 0.15) is 11.3 Å². The molecule has 26 heavy (non-hydrogen) atoms. The average Bonchev–Trinajstić information content (AvgIpc) is 3.00. The van der Waals surface area contributed by atoms with Crippen LogP contribution < -0.4 is 11.1 Å². The number of carbonyl (C=O) groups is 2. The third-order valence-electron chi connectivity index (χ3n) is 3.50. The van der Waals surface area contributed by atoms with Crippen LogP contribution in [0.4, 0.5) is 0 Å². The van der Waals surface area contributed by atoms with E-state index in [2.05, 4.69) is 15.3 Å². The highest BCUT2D eigenvalue weighted by Gasteiger charge is 2.09. The molecule has 0 aliphatic carbocycles. The number of aliphatic carboxylic acids is 1. The summed E-state index contributed by atoms with van der Waals surface area (Å²) in [6.45, 7) is 1.88. The second-order valence-electron chi connectivity index (χ2n) is 5.60. The maximum atomic E-state index is 12.2. The van der Waals surface area contributed by atoms with Gasteiger partial charge in [-0.1, -0.05) is 0 Å². The van der Waals surface area contributed by atoms with Crippen molar-refractivity contribution in [1.29, 1.82) is 0 Å². The molecule has 8 heteroatoms. The van der Waals surface area contributed by atoms with Gasteiger partial charge in [0.25, 0.3) is 11.9 Å². The zero-order valence-electron chi connectivity index (χ0n) is 14.6. The monoisotopic (exact) mass is 355 g/mol. The largest absolute Gasteiger partial charge is 0.481 e. The molecule has 0 radical (unpaired) electrons. The van der Waals surface area contributed by atoms with Crippen molar-refractivity contribution < 1.29 is 14.7 Å². The number of hydrogen-bond donors (Lipinski definition) is 3. The van der Waals surface area contributed by atoms with Gasteiger partial charge in [0.15, 0.2) is 0 Å². The Morgan fingerprint density at radius 3 is 2.69 bits per heavy atom. The van der Waals surface area contributed by atoms with Gasteiger partial charge in [0.2, 0.25) is 0 Å². The number of amides is 1. The standard InChI is InChI=1S/C16H17N5O.C2H4O2/c1-21-7-5-12-2-3-14(20-15(12)21)16(22)19-10-13-8-11(9-17)4-6-18-13;1-2(3)4/h2-8H,9-10,17H2,1H3,(H,19,22);1H3,(H,3,4). The van der Waals surface area contributed by atoms with Gasteiger partial charge in [-0.2, -0.15) is 0 Å². The molecule has 4 N–H and O–H groups in total. The number of fused-ring (bicyclic) bond motifs is 1. The van der Waals surface area contributed by atoms with Crippen molar-refractivity contribution in [3.63, 3.8) is 0 Å². The first-order valence-electron chi connectivity index (χ1n) is 7.94. The fraction of sp³-hybridized carbons (Fsp3) is 0.222. The van der Waals surface area contributed by atoms with Crippen molar-refractivity contribution in [3.05, 3.63) is 59.7 Å². The van der Waals surface area contributed by atoms with Gasteiger partial charge in [0.05, 0.1) is 12.2 Å². The van der Waals surface area contributed by atoms with E-state index < -0.39 is 5.97 Å². The molecule has 0 aromatic carbocycles. The predicted molar refractivity (Wildman–Crippen MR) is 97.3 cm³/mol. The van der Waals surface area contributed by atoms with Crippen molar-refractivity contribution in [2.75, 3.05) is 0 Å². The number of pyridine rings is 2. The quantitative estimate of drug-likeness (QED) is 0.651. The van der Waals surface area contributed by atoms with Crippen LogP contribution in [0.5, 0.6) is 0 Å². The summed E-state index contributed by atoms with van der Waals surface area (Å²) in [5, 5.41) is 11.3. The molecule has 0 unspecified atom stereocenters. The number of nitrogens with zero attached hydrogens (tertiary/aromatic N) is 3. The molecule has 0 saturated carbocycles. The fourth-order valence-corrected chi connectivity index (χ4v) is 2.27. The van der Waals surface area contributed by atoms with E-state index in [1.54, 1.807) is 12.3 Å². The first kappa shape index (κ1) is 19.1. The maximum absolute atomic E-state index is 12.2. The molecule has 3 heterocycles. The minimum Gasteiger partial charge on any atom is -0.481 e. The third kappa shape index (κ3) is 5.12. The molecule has 0 aliphatic heterocycles. The Balaban J connectivity index is 0.000000552. The topological polar surface area (TPSA) is 123 Å². The minimum atomic E-state index is -0.833. The van der Waals surface area contributed by atoms with E-state index in [0.29, 0.717) is 18.8 Å². The first-order valence-corrected chi connectivity index (χ1v) is 7.94. The second kappa shape index (κ2) is 8.72. The van der Waals surface area contributed by atoms with E-state index in [1.165, 1.54) is 0 Å². The molecular weight excluding hydrogens is 334 g/mol. The molecular formula is C18H21N5O3. The van der Waals surface area contributed by atoms with Crippen LogP contribution in [-0.2, 0) is 24.9 Å². The summed E-state index contributed by atoms with van der Waals surface area (Å²) >= 11 is 0. The SMILES string of the molecule is CC(=O)O.Cn1ccc2ccc(C(=O)NCc3cc(CN)ccn3)nc21. The van der Waals surface area contributed by atoms with Crippen LogP contribution in [0.1, 0.15) is 28.7 Å². The lowest BCUT2D eigenvalue weighted by molar-refractivity contribution is -0.134. The van der Waals surface area contributed by atoms with Crippen molar-refractivity contribution in [1.82, 2.24) is 19.9 Å². The lowest BCUT2D eigenvalue weighted by atomic mass is 10.2. The Morgan fingerprint density at radius 1 is 1.27 bits per heavy atom. The summed E-state index contributed by atoms with van der Waals surface area (Å²) in [5.74, 6) is -1.05. The van der Waals surface area contributed by atoms with Crippen LogP contribution in [0.3, 0.4) is 0 Å². The summed E-state index contributed by atoms with van der Waals surface area (Å²) in [6, 6.07) is 9.32. The van der Waals surface area contributed by atoms with Crippen molar-refractivity contribution in [3.8, 4) is 0 Å². The van der Waals surface area contributed by atoms with Gasteiger partial charge in [-0.3, -0.25) is 14.6 Å². The summed E-state index contributed by atoms with van der Waals surface area (Å²) in [7, 11) is 1.90. The van der Waals surface area contributed by atoms with Gasteiger partial charge < -0.3 is 20.7 Å². The Morgan fingerprint density at radius 2 is 2.00 bits per heavy atom. The number of carboxylic acids is 1. The van der Waals surface area contributed by atoms with Crippen LogP contribution in [0.2, 0.25) is 0 Å². The van der Waals surface area contributed by atoms with Gasteiger partial charge in [-0.25, -0.2) is 4.98 Å². The highest BCUT2D eigenvalue weighted by atomic mass is 16.4. The van der Waals surface area contributed by atoms with Gasteiger partial charge in [0, 0.05) is 38.3 Å². The van der Waals surface area contributed by atoms with Crippen LogP contribution >= 0.6 is 0 Å². The lowest BCUT2D eigenvalue weighted by Gasteiger charge is -2.06. The third-order valence-corrected chi connectivity index (χ3v) is 3.50. The first-order chi connectivity index (χ1) is 12.4. The molecule has 1 amide bonds. The zero-order valence-corrected chi connectivity index (χ0v) is 14.6. The number of carboxylic acid groups (broad SMARTS) is 1. The van der Waals surface area contributed by atoms with Gasteiger partial charge in [-0.15, -0.1) is 0 Å². The van der Waals surface area contributed by atoms with E-state index >= 15 is 0 Å².